The topological polar surface area (TPSA) is 3.88 Å². The number of rotatable bonds is 1. The Bertz CT molecular complexity index is 1020. The van der Waals surface area contributed by atoms with Gasteiger partial charge in [0.25, 0.3) is 0 Å². The van der Waals surface area contributed by atoms with Gasteiger partial charge in [0.15, 0.2) is 6.20 Å². The molecule has 4 rings (SSSR count). The lowest BCUT2D eigenvalue weighted by Gasteiger charge is -2.08. The molecule has 4 aromatic rings. The van der Waals surface area contributed by atoms with E-state index < -0.39 is 0 Å². The molecule has 21 heavy (non-hydrogen) atoms. The van der Waals surface area contributed by atoms with E-state index in [-0.39, 0.29) is 0 Å². The number of hydrogen-bond donors (Lipinski definition) is 0. The molecule has 102 valence electrons. The molecule has 0 N–H and O–H groups in total. The molecule has 0 atom stereocenters. The number of thiophene rings is 1. The average Bonchev–Trinajstić information content (AvgIpc) is 2.94. The van der Waals surface area contributed by atoms with Crippen molar-refractivity contribution in [1.82, 2.24) is 0 Å². The Morgan fingerprint density at radius 3 is 2.90 bits per heavy atom. The predicted octanol–water partition coefficient (Wildman–Crippen LogP) is 4.85. The first-order valence-electron chi connectivity index (χ1n) is 7.51. The van der Waals surface area contributed by atoms with Crippen LogP contribution in [0.15, 0.2) is 60.1 Å². The molecule has 0 bridgehead atoms. The van der Waals surface area contributed by atoms with E-state index in [4.69, 9.17) is 1.37 Å². The quantitative estimate of drug-likeness (QED) is 0.441. The number of pyridine rings is 1. The van der Waals surface area contributed by atoms with E-state index in [1.165, 1.54) is 32.3 Å². The average molecular weight is 291 g/mol. The second-order valence-corrected chi connectivity index (χ2v) is 6.36. The summed E-state index contributed by atoms with van der Waals surface area (Å²) in [5, 5.41) is 5.76. The van der Waals surface area contributed by atoms with Crippen LogP contribution in [-0.4, -0.2) is 0 Å². The van der Waals surface area contributed by atoms with Crippen LogP contribution in [0, 0.1) is 6.92 Å². The van der Waals surface area contributed by atoms with E-state index in [9.17, 15) is 0 Å². The molecule has 0 aliphatic carbocycles. The second-order valence-electron chi connectivity index (χ2n) is 5.41. The molecule has 2 heteroatoms. The SMILES string of the molecule is [2H]c1ccc2c(-c3cc4sccc4cc3C)[n+](C)ccc2c1. The zero-order chi connectivity index (χ0) is 15.3. The first kappa shape index (κ1) is 11.5. The van der Waals surface area contributed by atoms with Gasteiger partial charge in [0, 0.05) is 10.8 Å². The highest BCUT2D eigenvalue weighted by Crippen LogP contribution is 2.32. The van der Waals surface area contributed by atoms with Gasteiger partial charge in [-0.15, -0.1) is 11.3 Å². The molecule has 0 saturated carbocycles. The summed E-state index contributed by atoms with van der Waals surface area (Å²) in [5.41, 5.74) is 3.76. The minimum atomic E-state index is 0.553. The van der Waals surface area contributed by atoms with E-state index in [0.29, 0.717) is 6.04 Å². The highest BCUT2D eigenvalue weighted by atomic mass is 32.1. The summed E-state index contributed by atoms with van der Waals surface area (Å²) in [4.78, 5) is 0. The Hall–Kier alpha value is -2.19. The Labute approximate surface area is 129 Å². The molecule has 0 radical (unpaired) electrons. The van der Waals surface area contributed by atoms with Crippen LogP contribution >= 0.6 is 11.3 Å². The molecule has 2 heterocycles. The van der Waals surface area contributed by atoms with E-state index in [2.05, 4.69) is 60.4 Å². The molecule has 2 aromatic carbocycles. The molecule has 0 amide bonds. The van der Waals surface area contributed by atoms with Crippen molar-refractivity contribution in [2.45, 2.75) is 6.92 Å². The maximum atomic E-state index is 7.83. The molecular formula is C19H16NS+. The number of fused-ring (bicyclic) bond motifs is 2. The lowest BCUT2D eigenvalue weighted by Crippen LogP contribution is -2.30. The molecule has 0 saturated heterocycles. The van der Waals surface area contributed by atoms with Crippen molar-refractivity contribution in [3.8, 4) is 11.3 Å². The first-order valence-corrected chi connectivity index (χ1v) is 7.89. The summed E-state index contributed by atoms with van der Waals surface area (Å²) in [6, 6.07) is 15.2. The maximum Gasteiger partial charge on any atom is 0.220 e. The van der Waals surface area contributed by atoms with Gasteiger partial charge >= 0.3 is 0 Å². The molecule has 0 aliphatic rings. The van der Waals surface area contributed by atoms with Crippen molar-refractivity contribution in [2.75, 3.05) is 0 Å². The lowest BCUT2D eigenvalue weighted by molar-refractivity contribution is -0.659. The molecule has 2 aromatic heterocycles. The van der Waals surface area contributed by atoms with Crippen LogP contribution in [0.5, 0.6) is 0 Å². The summed E-state index contributed by atoms with van der Waals surface area (Å²) in [5.74, 6) is 0. The van der Waals surface area contributed by atoms with Crippen LogP contribution in [0.3, 0.4) is 0 Å². The van der Waals surface area contributed by atoms with E-state index in [0.717, 1.165) is 5.39 Å². The van der Waals surface area contributed by atoms with Gasteiger partial charge in [0.2, 0.25) is 5.69 Å². The van der Waals surface area contributed by atoms with Crippen LogP contribution in [0.4, 0.5) is 0 Å². The van der Waals surface area contributed by atoms with Crippen LogP contribution < -0.4 is 4.57 Å². The molecule has 0 spiro atoms. The minimum absolute atomic E-state index is 0.553. The zero-order valence-electron chi connectivity index (χ0n) is 13.1. The minimum Gasteiger partial charge on any atom is -0.200 e. The standard InChI is InChI=1S/C19H16NS/c1-13-11-15-8-10-21-18(15)12-17(13)19-16-6-4-3-5-14(16)7-9-20(19)2/h3-12H,1-2H3/q+1/i3D. The van der Waals surface area contributed by atoms with Crippen molar-refractivity contribution in [2.24, 2.45) is 7.05 Å². The van der Waals surface area contributed by atoms with Crippen molar-refractivity contribution in [3.63, 3.8) is 0 Å². The molecule has 0 fully saturated rings. The van der Waals surface area contributed by atoms with E-state index in [1.807, 2.05) is 12.1 Å². The van der Waals surface area contributed by atoms with Gasteiger partial charge in [-0.1, -0.05) is 18.2 Å². The number of hydrogen-bond acceptors (Lipinski definition) is 1. The monoisotopic (exact) mass is 291 g/mol. The first-order chi connectivity index (χ1) is 10.6. The third kappa shape index (κ3) is 1.95. The van der Waals surface area contributed by atoms with Crippen molar-refractivity contribution >= 4 is 32.2 Å². The fourth-order valence-corrected chi connectivity index (χ4v) is 3.78. The smallest absolute Gasteiger partial charge is 0.200 e. The largest absolute Gasteiger partial charge is 0.220 e. The maximum absolute atomic E-state index is 7.83. The van der Waals surface area contributed by atoms with Gasteiger partial charge in [-0.3, -0.25) is 0 Å². The van der Waals surface area contributed by atoms with Crippen LogP contribution in [0.25, 0.3) is 32.1 Å². The van der Waals surface area contributed by atoms with Gasteiger partial charge < -0.3 is 0 Å². The third-order valence-electron chi connectivity index (χ3n) is 4.04. The van der Waals surface area contributed by atoms with Crippen molar-refractivity contribution in [3.05, 3.63) is 65.6 Å². The Morgan fingerprint density at radius 1 is 1.10 bits per heavy atom. The fourth-order valence-electron chi connectivity index (χ4n) is 2.97. The summed E-state index contributed by atoms with van der Waals surface area (Å²) in [6.45, 7) is 2.17. The molecule has 0 aliphatic heterocycles. The normalized spacial score (nSPS) is 12.0. The van der Waals surface area contributed by atoms with E-state index >= 15 is 0 Å². The van der Waals surface area contributed by atoms with Gasteiger partial charge in [0.05, 0.1) is 12.3 Å². The molecule has 1 nitrogen and oxygen atoms in total. The summed E-state index contributed by atoms with van der Waals surface area (Å²) in [6.07, 6.45) is 2.08. The number of aryl methyl sites for hydroxylation is 2. The van der Waals surface area contributed by atoms with Gasteiger partial charge in [-0.25, -0.2) is 4.57 Å². The van der Waals surface area contributed by atoms with Crippen molar-refractivity contribution in [1.29, 1.82) is 0 Å². The van der Waals surface area contributed by atoms with Gasteiger partial charge in [-0.05, 0) is 52.9 Å². The highest BCUT2D eigenvalue weighted by molar-refractivity contribution is 7.17. The number of aromatic nitrogens is 1. The van der Waals surface area contributed by atoms with Gasteiger partial charge in [-0.2, -0.15) is 0 Å². The molecular weight excluding hydrogens is 274 g/mol. The van der Waals surface area contributed by atoms with Crippen LogP contribution in [-0.2, 0) is 7.05 Å². The zero-order valence-corrected chi connectivity index (χ0v) is 12.9. The summed E-state index contributed by atoms with van der Waals surface area (Å²) >= 11 is 1.78. The Kier molecular flexibility index (Phi) is 2.55. The Morgan fingerprint density at radius 2 is 2.00 bits per heavy atom. The summed E-state index contributed by atoms with van der Waals surface area (Å²) < 4.78 is 11.3. The highest BCUT2D eigenvalue weighted by Gasteiger charge is 2.17. The van der Waals surface area contributed by atoms with Crippen LogP contribution in [0.2, 0.25) is 0 Å². The molecule has 0 unspecified atom stereocenters. The van der Waals surface area contributed by atoms with Crippen LogP contribution in [0.1, 0.15) is 6.93 Å². The number of benzene rings is 2. The van der Waals surface area contributed by atoms with Crippen molar-refractivity contribution < 1.29 is 5.94 Å². The summed E-state index contributed by atoms with van der Waals surface area (Å²) in [7, 11) is 2.08. The third-order valence-corrected chi connectivity index (χ3v) is 4.92. The lowest BCUT2D eigenvalue weighted by atomic mass is 9.98. The Balaban J connectivity index is 2.10. The second kappa shape index (κ2) is 4.68. The number of nitrogens with zero attached hydrogens (tertiary/aromatic N) is 1. The van der Waals surface area contributed by atoms with Gasteiger partial charge in [0.1, 0.15) is 7.05 Å². The predicted molar refractivity (Wildman–Crippen MR) is 90.7 cm³/mol. The van der Waals surface area contributed by atoms with E-state index in [1.54, 1.807) is 11.3 Å². The fraction of sp³-hybridized carbons (Fsp3) is 0.105.